The van der Waals surface area contributed by atoms with E-state index in [1.165, 1.54) is 29.1 Å². The van der Waals surface area contributed by atoms with Gasteiger partial charge in [0.25, 0.3) is 5.56 Å². The van der Waals surface area contributed by atoms with Crippen molar-refractivity contribution in [2.24, 2.45) is 4.99 Å². The largest absolute Gasteiger partial charge is 0.466 e. The summed E-state index contributed by atoms with van der Waals surface area (Å²) in [5.74, 6) is -0.515. The fourth-order valence-corrected chi connectivity index (χ4v) is 5.32. The number of hydrogen-bond donors (Lipinski definition) is 0. The number of benzene rings is 2. The van der Waals surface area contributed by atoms with E-state index in [-0.39, 0.29) is 5.56 Å². The van der Waals surface area contributed by atoms with Crippen LogP contribution in [0.2, 0.25) is 15.1 Å². The molecule has 1 atom stereocenters. The molecular weight excluding hydrogens is 491 g/mol. The standard InChI is InChI=1S/C23H17Cl3N2O3S/c1-3-16-18(22(30)31-2)20(12-7-5-4-6-8-12)28-21(29)17(32-23(28)27-16)10-13-9-14(24)11-15(25)19(13)26/h4-11,20H,3H2,1-2H3/b17-10-/t20-/m1/s1. The predicted octanol–water partition coefficient (Wildman–Crippen LogP) is 4.76. The van der Waals surface area contributed by atoms with Gasteiger partial charge in [-0.15, -0.1) is 0 Å². The molecular formula is C23H17Cl3N2O3S. The maximum atomic E-state index is 13.5. The molecule has 3 aromatic rings. The fraction of sp³-hybridized carbons (Fsp3) is 0.174. The number of hydrogen-bond acceptors (Lipinski definition) is 5. The highest BCUT2D eigenvalue weighted by molar-refractivity contribution is 7.07. The van der Waals surface area contributed by atoms with Crippen molar-refractivity contribution in [1.82, 2.24) is 4.57 Å². The van der Waals surface area contributed by atoms with Crippen molar-refractivity contribution in [3.05, 3.63) is 99.6 Å². The number of carbonyl (C=O) groups is 1. The molecule has 4 rings (SSSR count). The average molecular weight is 508 g/mol. The smallest absolute Gasteiger partial charge is 0.338 e. The maximum Gasteiger partial charge on any atom is 0.338 e. The Morgan fingerprint density at radius 1 is 1.22 bits per heavy atom. The van der Waals surface area contributed by atoms with Crippen molar-refractivity contribution in [3.8, 4) is 0 Å². The van der Waals surface area contributed by atoms with Gasteiger partial charge in [-0.3, -0.25) is 9.36 Å². The third kappa shape index (κ3) is 4.04. The summed E-state index contributed by atoms with van der Waals surface area (Å²) < 4.78 is 6.97. The molecule has 0 saturated heterocycles. The summed E-state index contributed by atoms with van der Waals surface area (Å²) >= 11 is 19.8. The Kier molecular flexibility index (Phi) is 6.58. The summed E-state index contributed by atoms with van der Waals surface area (Å²) in [7, 11) is 1.32. The van der Waals surface area contributed by atoms with Crippen molar-refractivity contribution < 1.29 is 9.53 Å². The van der Waals surface area contributed by atoms with Gasteiger partial charge in [-0.1, -0.05) is 83.4 Å². The zero-order valence-electron chi connectivity index (χ0n) is 17.1. The molecule has 2 heterocycles. The monoisotopic (exact) mass is 506 g/mol. The van der Waals surface area contributed by atoms with Gasteiger partial charge in [0, 0.05) is 5.02 Å². The van der Waals surface area contributed by atoms with Gasteiger partial charge < -0.3 is 4.74 Å². The third-order valence-electron chi connectivity index (χ3n) is 5.07. The molecule has 1 aliphatic heterocycles. The summed E-state index contributed by atoms with van der Waals surface area (Å²) in [6.45, 7) is 1.91. The van der Waals surface area contributed by atoms with Gasteiger partial charge in [-0.25, -0.2) is 9.79 Å². The lowest BCUT2D eigenvalue weighted by atomic mass is 9.95. The molecule has 0 bridgehead atoms. The maximum absolute atomic E-state index is 13.5. The van der Waals surface area contributed by atoms with Gasteiger partial charge in [0.1, 0.15) is 0 Å². The average Bonchev–Trinajstić information content (AvgIpc) is 3.10. The second-order valence-corrected chi connectivity index (χ2v) is 9.22. The zero-order valence-corrected chi connectivity index (χ0v) is 20.1. The number of esters is 1. The first kappa shape index (κ1) is 22.8. The molecule has 5 nitrogen and oxygen atoms in total. The predicted molar refractivity (Wildman–Crippen MR) is 128 cm³/mol. The molecule has 32 heavy (non-hydrogen) atoms. The summed E-state index contributed by atoms with van der Waals surface area (Å²) in [5.41, 5.74) is 1.94. The van der Waals surface area contributed by atoms with Gasteiger partial charge in [0.2, 0.25) is 0 Å². The molecule has 9 heteroatoms. The van der Waals surface area contributed by atoms with Gasteiger partial charge in [-0.2, -0.15) is 0 Å². The number of ether oxygens (including phenoxy) is 1. The van der Waals surface area contributed by atoms with Crippen LogP contribution >= 0.6 is 46.1 Å². The van der Waals surface area contributed by atoms with Crippen LogP contribution in [-0.4, -0.2) is 17.6 Å². The first-order chi connectivity index (χ1) is 15.3. The van der Waals surface area contributed by atoms with E-state index < -0.39 is 12.0 Å². The number of allylic oxidation sites excluding steroid dienone is 1. The Hall–Kier alpha value is -2.38. The Balaban J connectivity index is 2.03. The quantitative estimate of drug-likeness (QED) is 0.378. The summed E-state index contributed by atoms with van der Waals surface area (Å²) in [5, 5.41) is 0.995. The highest BCUT2D eigenvalue weighted by Gasteiger charge is 2.33. The fourth-order valence-electron chi connectivity index (χ4n) is 3.64. The van der Waals surface area contributed by atoms with E-state index in [0.717, 1.165) is 5.56 Å². The van der Waals surface area contributed by atoms with Crippen molar-refractivity contribution in [2.45, 2.75) is 19.4 Å². The Morgan fingerprint density at radius 2 is 1.94 bits per heavy atom. The topological polar surface area (TPSA) is 60.7 Å². The number of fused-ring (bicyclic) bond motifs is 1. The first-order valence-corrected chi connectivity index (χ1v) is 11.6. The number of aromatic nitrogens is 1. The number of halogens is 3. The van der Waals surface area contributed by atoms with E-state index in [4.69, 9.17) is 39.5 Å². The molecule has 0 saturated carbocycles. The van der Waals surface area contributed by atoms with Crippen LogP contribution in [0.5, 0.6) is 0 Å². The number of carbonyl (C=O) groups excluding carboxylic acids is 1. The van der Waals surface area contributed by atoms with Crippen molar-refractivity contribution in [1.29, 1.82) is 0 Å². The lowest BCUT2D eigenvalue weighted by Gasteiger charge is -2.25. The molecule has 0 radical (unpaired) electrons. The highest BCUT2D eigenvalue weighted by atomic mass is 35.5. The van der Waals surface area contributed by atoms with Gasteiger partial charge in [0.05, 0.1) is 39.0 Å². The van der Waals surface area contributed by atoms with Crippen LogP contribution in [0.4, 0.5) is 0 Å². The van der Waals surface area contributed by atoms with Gasteiger partial charge in [0.15, 0.2) is 4.80 Å². The summed E-state index contributed by atoms with van der Waals surface area (Å²) in [4.78, 5) is 31.4. The van der Waals surface area contributed by atoms with Crippen LogP contribution in [0.15, 0.2) is 63.5 Å². The number of nitrogens with zero attached hydrogens (tertiary/aromatic N) is 2. The van der Waals surface area contributed by atoms with E-state index >= 15 is 0 Å². The van der Waals surface area contributed by atoms with E-state index in [2.05, 4.69) is 4.99 Å². The second-order valence-electron chi connectivity index (χ2n) is 6.99. The SMILES string of the molecule is CCC1=C(C(=O)OC)[C@@H](c2ccccc2)n2c(s/c(=C\c3cc(Cl)cc(Cl)c3Cl)c2=O)=N1. The highest BCUT2D eigenvalue weighted by Crippen LogP contribution is 2.32. The van der Waals surface area contributed by atoms with E-state index in [1.54, 1.807) is 12.1 Å². The minimum atomic E-state index is -0.657. The summed E-state index contributed by atoms with van der Waals surface area (Å²) in [6, 6.07) is 11.9. The van der Waals surface area contributed by atoms with Crippen LogP contribution < -0.4 is 14.9 Å². The van der Waals surface area contributed by atoms with Crippen LogP contribution in [0, 0.1) is 0 Å². The van der Waals surface area contributed by atoms with Crippen LogP contribution in [0.1, 0.15) is 30.5 Å². The van der Waals surface area contributed by atoms with Crippen molar-refractivity contribution in [2.75, 3.05) is 7.11 Å². The molecule has 0 spiro atoms. The number of thiazole rings is 1. The Bertz CT molecular complexity index is 1430. The molecule has 0 fully saturated rings. The third-order valence-corrected chi connectivity index (χ3v) is 7.09. The molecule has 0 amide bonds. The molecule has 1 aromatic heterocycles. The number of rotatable bonds is 4. The van der Waals surface area contributed by atoms with Crippen LogP contribution in [0.3, 0.4) is 0 Å². The normalized spacial score (nSPS) is 16.0. The van der Waals surface area contributed by atoms with Crippen molar-refractivity contribution in [3.63, 3.8) is 0 Å². The van der Waals surface area contributed by atoms with Gasteiger partial charge >= 0.3 is 5.97 Å². The van der Waals surface area contributed by atoms with Gasteiger partial charge in [-0.05, 0) is 35.8 Å². The molecule has 0 unspecified atom stereocenters. The van der Waals surface area contributed by atoms with E-state index in [1.807, 2.05) is 37.3 Å². The minimum Gasteiger partial charge on any atom is -0.466 e. The molecule has 2 aromatic carbocycles. The minimum absolute atomic E-state index is 0.293. The molecule has 1 aliphatic rings. The Labute approximate surface area is 202 Å². The lowest BCUT2D eigenvalue weighted by Crippen LogP contribution is -2.40. The first-order valence-electron chi connectivity index (χ1n) is 9.68. The lowest BCUT2D eigenvalue weighted by molar-refractivity contribution is -0.136. The Morgan fingerprint density at radius 3 is 2.59 bits per heavy atom. The van der Waals surface area contributed by atoms with Crippen molar-refractivity contribution >= 4 is 58.2 Å². The van der Waals surface area contributed by atoms with E-state index in [0.29, 0.717) is 47.7 Å². The molecule has 164 valence electrons. The second kappa shape index (κ2) is 9.24. The number of methoxy groups -OCH3 is 1. The van der Waals surface area contributed by atoms with E-state index in [9.17, 15) is 9.59 Å². The van der Waals surface area contributed by atoms with Crippen LogP contribution in [-0.2, 0) is 9.53 Å². The summed E-state index contributed by atoms with van der Waals surface area (Å²) in [6.07, 6.45) is 2.15. The zero-order chi connectivity index (χ0) is 23.0. The molecule has 0 aliphatic carbocycles. The van der Waals surface area contributed by atoms with Crippen LogP contribution in [0.25, 0.3) is 6.08 Å². The molecule has 0 N–H and O–H groups in total.